The normalized spacial score (nSPS) is 14.9. The first-order valence-electron chi connectivity index (χ1n) is 6.86. The Morgan fingerprint density at radius 1 is 1.40 bits per heavy atom. The maximum absolute atomic E-state index is 9.33. The van der Waals surface area contributed by atoms with Crippen LogP contribution in [0, 0.1) is 6.92 Å². The van der Waals surface area contributed by atoms with E-state index in [1.807, 2.05) is 6.92 Å². The van der Waals surface area contributed by atoms with Crippen molar-refractivity contribution in [3.8, 4) is 0 Å². The summed E-state index contributed by atoms with van der Waals surface area (Å²) in [4.78, 5) is 0. The quantitative estimate of drug-likeness (QED) is 0.823. The molecule has 3 rings (SSSR count). The van der Waals surface area contributed by atoms with Crippen LogP contribution < -0.4 is 0 Å². The zero-order valence-electron chi connectivity index (χ0n) is 11.7. The van der Waals surface area contributed by atoms with Crippen molar-refractivity contribution in [1.82, 2.24) is 19.9 Å². The van der Waals surface area contributed by atoms with Crippen LogP contribution in [0.15, 0.2) is 9.68 Å². The van der Waals surface area contributed by atoms with Gasteiger partial charge in [-0.05, 0) is 26.2 Å². The standard InChI is InChI=1S/C13H18N4O2S/c1-3-11-10(8(2)19-16-11)7-20-13-15-14-12(6-18)17(13)9-4-5-9/h9,18H,3-7H2,1-2H3. The second-order valence-electron chi connectivity index (χ2n) is 4.96. The summed E-state index contributed by atoms with van der Waals surface area (Å²) in [5, 5.41) is 22.5. The maximum atomic E-state index is 9.33. The first-order chi connectivity index (χ1) is 9.74. The minimum absolute atomic E-state index is 0.0590. The third-order valence-corrected chi connectivity index (χ3v) is 4.50. The monoisotopic (exact) mass is 294 g/mol. The highest BCUT2D eigenvalue weighted by molar-refractivity contribution is 7.98. The molecule has 1 aliphatic rings. The lowest BCUT2D eigenvalue weighted by molar-refractivity contribution is 0.263. The SMILES string of the molecule is CCc1noc(C)c1CSc1nnc(CO)n1C1CC1. The van der Waals surface area contributed by atoms with Crippen molar-refractivity contribution in [1.29, 1.82) is 0 Å². The molecule has 0 saturated heterocycles. The molecule has 0 bridgehead atoms. The van der Waals surface area contributed by atoms with Gasteiger partial charge in [-0.3, -0.25) is 0 Å². The van der Waals surface area contributed by atoms with E-state index in [0.717, 1.165) is 47.2 Å². The molecule has 6 nitrogen and oxygen atoms in total. The summed E-state index contributed by atoms with van der Waals surface area (Å²) in [5.41, 5.74) is 2.16. The highest BCUT2D eigenvalue weighted by atomic mass is 32.2. The number of rotatable bonds is 6. The summed E-state index contributed by atoms with van der Waals surface area (Å²) >= 11 is 1.63. The smallest absolute Gasteiger partial charge is 0.191 e. The van der Waals surface area contributed by atoms with E-state index in [1.165, 1.54) is 0 Å². The number of hydrogen-bond acceptors (Lipinski definition) is 6. The third-order valence-electron chi connectivity index (χ3n) is 3.54. The summed E-state index contributed by atoms with van der Waals surface area (Å²) in [6.45, 7) is 3.95. The number of hydrogen-bond donors (Lipinski definition) is 1. The van der Waals surface area contributed by atoms with E-state index in [0.29, 0.717) is 11.9 Å². The summed E-state index contributed by atoms with van der Waals surface area (Å²) < 4.78 is 7.31. The summed E-state index contributed by atoms with van der Waals surface area (Å²) in [7, 11) is 0. The van der Waals surface area contributed by atoms with E-state index in [1.54, 1.807) is 11.8 Å². The molecule has 2 heterocycles. The Morgan fingerprint density at radius 2 is 2.20 bits per heavy atom. The van der Waals surface area contributed by atoms with Crippen LogP contribution in [-0.4, -0.2) is 25.0 Å². The van der Waals surface area contributed by atoms with Crippen molar-refractivity contribution < 1.29 is 9.63 Å². The predicted octanol–water partition coefficient (Wildman–Crippen LogP) is 2.26. The van der Waals surface area contributed by atoms with Crippen LogP contribution >= 0.6 is 11.8 Å². The average Bonchev–Trinajstić information content (AvgIpc) is 3.12. The number of aromatic nitrogens is 4. The first kappa shape index (κ1) is 13.6. The van der Waals surface area contributed by atoms with Gasteiger partial charge in [0.15, 0.2) is 11.0 Å². The second-order valence-corrected chi connectivity index (χ2v) is 5.91. The van der Waals surface area contributed by atoms with Gasteiger partial charge in [0.2, 0.25) is 0 Å². The van der Waals surface area contributed by atoms with Crippen molar-refractivity contribution in [2.24, 2.45) is 0 Å². The van der Waals surface area contributed by atoms with Crippen molar-refractivity contribution in [3.05, 3.63) is 22.8 Å². The molecule has 2 aromatic heterocycles. The Hall–Kier alpha value is -1.34. The molecule has 20 heavy (non-hydrogen) atoms. The van der Waals surface area contributed by atoms with Gasteiger partial charge < -0.3 is 14.2 Å². The lowest BCUT2D eigenvalue weighted by Gasteiger charge is -2.07. The van der Waals surface area contributed by atoms with Gasteiger partial charge in [0, 0.05) is 17.4 Å². The van der Waals surface area contributed by atoms with E-state index in [-0.39, 0.29) is 6.61 Å². The Kier molecular flexibility index (Phi) is 3.80. The molecule has 1 N–H and O–H groups in total. The highest BCUT2D eigenvalue weighted by Crippen LogP contribution is 2.39. The van der Waals surface area contributed by atoms with Crippen LogP contribution in [0.4, 0.5) is 0 Å². The number of aliphatic hydroxyl groups excluding tert-OH is 1. The Balaban J connectivity index is 1.78. The minimum atomic E-state index is -0.0590. The molecule has 0 radical (unpaired) electrons. The van der Waals surface area contributed by atoms with Crippen LogP contribution in [0.2, 0.25) is 0 Å². The second kappa shape index (κ2) is 5.57. The van der Waals surface area contributed by atoms with E-state index >= 15 is 0 Å². The fraction of sp³-hybridized carbons (Fsp3) is 0.615. The molecule has 1 aliphatic carbocycles. The fourth-order valence-electron chi connectivity index (χ4n) is 2.25. The van der Waals surface area contributed by atoms with Crippen LogP contribution in [0.25, 0.3) is 0 Å². The lowest BCUT2D eigenvalue weighted by atomic mass is 10.2. The van der Waals surface area contributed by atoms with Gasteiger partial charge in [0.25, 0.3) is 0 Å². The molecule has 108 valence electrons. The molecule has 7 heteroatoms. The Morgan fingerprint density at radius 3 is 2.85 bits per heavy atom. The fourth-order valence-corrected chi connectivity index (χ4v) is 3.39. The van der Waals surface area contributed by atoms with E-state index in [9.17, 15) is 5.11 Å². The molecule has 0 aromatic carbocycles. The van der Waals surface area contributed by atoms with Crippen LogP contribution in [-0.2, 0) is 18.8 Å². The van der Waals surface area contributed by atoms with Gasteiger partial charge in [-0.25, -0.2) is 0 Å². The zero-order valence-corrected chi connectivity index (χ0v) is 12.5. The summed E-state index contributed by atoms with van der Waals surface area (Å²) in [6, 6.07) is 0.462. The van der Waals surface area contributed by atoms with Crippen LogP contribution in [0.1, 0.15) is 48.6 Å². The van der Waals surface area contributed by atoms with Crippen molar-refractivity contribution in [2.75, 3.05) is 0 Å². The van der Waals surface area contributed by atoms with Gasteiger partial charge in [0.1, 0.15) is 12.4 Å². The Bertz CT molecular complexity index is 604. The topological polar surface area (TPSA) is 77.0 Å². The largest absolute Gasteiger partial charge is 0.388 e. The number of aliphatic hydroxyl groups is 1. The van der Waals surface area contributed by atoms with Crippen LogP contribution in [0.5, 0.6) is 0 Å². The number of aryl methyl sites for hydroxylation is 2. The molecule has 0 unspecified atom stereocenters. The zero-order chi connectivity index (χ0) is 14.1. The van der Waals surface area contributed by atoms with E-state index < -0.39 is 0 Å². The van der Waals surface area contributed by atoms with Gasteiger partial charge in [-0.2, -0.15) is 0 Å². The Labute approximate surface area is 121 Å². The predicted molar refractivity (Wildman–Crippen MR) is 74.4 cm³/mol. The lowest BCUT2D eigenvalue weighted by Crippen LogP contribution is -2.03. The molecule has 0 amide bonds. The van der Waals surface area contributed by atoms with Gasteiger partial charge in [-0.15, -0.1) is 10.2 Å². The highest BCUT2D eigenvalue weighted by Gasteiger charge is 2.29. The van der Waals surface area contributed by atoms with E-state index in [4.69, 9.17) is 4.52 Å². The molecule has 0 aliphatic heterocycles. The minimum Gasteiger partial charge on any atom is -0.388 e. The molecular weight excluding hydrogens is 276 g/mol. The van der Waals surface area contributed by atoms with Crippen molar-refractivity contribution in [3.63, 3.8) is 0 Å². The van der Waals surface area contributed by atoms with Crippen molar-refractivity contribution >= 4 is 11.8 Å². The molecular formula is C13H18N4O2S. The molecule has 1 saturated carbocycles. The van der Waals surface area contributed by atoms with Gasteiger partial charge >= 0.3 is 0 Å². The average molecular weight is 294 g/mol. The molecule has 2 aromatic rings. The summed E-state index contributed by atoms with van der Waals surface area (Å²) in [5.74, 6) is 2.30. The molecule has 0 atom stereocenters. The van der Waals surface area contributed by atoms with Gasteiger partial charge in [0.05, 0.1) is 5.69 Å². The number of thioether (sulfide) groups is 1. The van der Waals surface area contributed by atoms with Crippen LogP contribution in [0.3, 0.4) is 0 Å². The number of nitrogens with zero attached hydrogens (tertiary/aromatic N) is 4. The maximum Gasteiger partial charge on any atom is 0.191 e. The third kappa shape index (κ3) is 2.47. The molecule has 1 fully saturated rings. The van der Waals surface area contributed by atoms with E-state index in [2.05, 4.69) is 26.8 Å². The first-order valence-corrected chi connectivity index (χ1v) is 7.84. The van der Waals surface area contributed by atoms with Crippen molar-refractivity contribution in [2.45, 2.75) is 56.7 Å². The molecule has 0 spiro atoms. The summed E-state index contributed by atoms with van der Waals surface area (Å²) in [6.07, 6.45) is 3.15. The van der Waals surface area contributed by atoms with Gasteiger partial charge in [-0.1, -0.05) is 23.8 Å².